The van der Waals surface area contributed by atoms with Gasteiger partial charge in [-0.05, 0) is 26.0 Å². The average Bonchev–Trinajstić information content (AvgIpc) is 2.96. The number of hydrogen-bond acceptors (Lipinski definition) is 5. The molecule has 6 nitrogen and oxygen atoms in total. The lowest BCUT2D eigenvalue weighted by molar-refractivity contribution is -0.136. The number of anilines is 1. The van der Waals surface area contributed by atoms with Crippen molar-refractivity contribution in [2.45, 2.75) is 13.8 Å². The summed E-state index contributed by atoms with van der Waals surface area (Å²) in [5.74, 6) is 0.121. The minimum atomic E-state index is -0.269. The van der Waals surface area contributed by atoms with E-state index >= 15 is 0 Å². The summed E-state index contributed by atoms with van der Waals surface area (Å²) < 4.78 is 5.42. The molecule has 0 aliphatic rings. The summed E-state index contributed by atoms with van der Waals surface area (Å²) >= 11 is 1.36. The quantitative estimate of drug-likeness (QED) is 0.844. The Morgan fingerprint density at radius 3 is 2.65 bits per heavy atom. The topological polar surface area (TPSA) is 71.5 Å². The smallest absolute Gasteiger partial charge is 0.260 e. The summed E-state index contributed by atoms with van der Waals surface area (Å²) in [7, 11) is 0. The predicted octanol–water partition coefficient (Wildman–Crippen LogP) is 2.32. The number of likely N-dealkylation sites (N-methyl/N-ethyl adjacent to an activating group) is 1. The van der Waals surface area contributed by atoms with Crippen molar-refractivity contribution in [2.75, 3.05) is 25.0 Å². The second kappa shape index (κ2) is 8.28. The molecule has 1 aromatic carbocycles. The molecule has 1 N–H and O–H groups in total. The Bertz CT molecular complexity index is 658. The van der Waals surface area contributed by atoms with Crippen molar-refractivity contribution < 1.29 is 14.3 Å². The number of carbonyl (C=O) groups is 2. The third-order valence-electron chi connectivity index (χ3n) is 3.04. The van der Waals surface area contributed by atoms with E-state index in [2.05, 4.69) is 10.3 Å². The zero-order chi connectivity index (χ0) is 16.7. The second-order valence-electron chi connectivity index (χ2n) is 4.85. The lowest BCUT2D eigenvalue weighted by Gasteiger charge is -2.20. The van der Waals surface area contributed by atoms with E-state index in [9.17, 15) is 9.59 Å². The predicted molar refractivity (Wildman–Crippen MR) is 89.7 cm³/mol. The van der Waals surface area contributed by atoms with Crippen LogP contribution >= 0.6 is 11.3 Å². The van der Waals surface area contributed by atoms with E-state index in [1.165, 1.54) is 16.2 Å². The molecule has 0 unspecified atom stereocenters. The summed E-state index contributed by atoms with van der Waals surface area (Å²) in [4.78, 5) is 29.7. The molecule has 0 spiro atoms. The monoisotopic (exact) mass is 333 g/mol. The largest absolute Gasteiger partial charge is 0.484 e. The number of nitrogens with zero attached hydrogens (tertiary/aromatic N) is 2. The first kappa shape index (κ1) is 17.0. The van der Waals surface area contributed by atoms with Crippen molar-refractivity contribution in [3.63, 3.8) is 0 Å². The summed E-state index contributed by atoms with van der Waals surface area (Å²) in [5.41, 5.74) is 0.852. The van der Waals surface area contributed by atoms with Crippen molar-refractivity contribution in [1.29, 1.82) is 0 Å². The van der Waals surface area contributed by atoms with Gasteiger partial charge in [0.2, 0.25) is 5.91 Å². The maximum absolute atomic E-state index is 12.1. The number of amides is 2. The first-order valence-corrected chi connectivity index (χ1v) is 8.14. The Hall–Kier alpha value is -2.41. The first-order chi connectivity index (χ1) is 11.1. The molecular formula is C16H19N3O3S. The number of para-hydroxylation sites is 1. The van der Waals surface area contributed by atoms with Crippen LogP contribution in [0.25, 0.3) is 0 Å². The van der Waals surface area contributed by atoms with Gasteiger partial charge in [0.1, 0.15) is 12.3 Å². The van der Waals surface area contributed by atoms with Gasteiger partial charge < -0.3 is 15.0 Å². The maximum atomic E-state index is 12.1. The van der Waals surface area contributed by atoms with Gasteiger partial charge in [0.25, 0.3) is 5.91 Å². The number of carbonyl (C=O) groups excluding carboxylic acids is 2. The van der Waals surface area contributed by atoms with Crippen LogP contribution in [0.4, 0.5) is 5.13 Å². The van der Waals surface area contributed by atoms with E-state index in [4.69, 9.17) is 4.74 Å². The van der Waals surface area contributed by atoms with E-state index in [1.54, 1.807) is 12.1 Å². The van der Waals surface area contributed by atoms with Crippen LogP contribution < -0.4 is 10.1 Å². The van der Waals surface area contributed by atoms with Crippen LogP contribution in [0.2, 0.25) is 0 Å². The Balaban J connectivity index is 1.83. The molecule has 0 aliphatic heterocycles. The molecule has 2 rings (SSSR count). The van der Waals surface area contributed by atoms with Gasteiger partial charge in [-0.15, -0.1) is 11.3 Å². The zero-order valence-corrected chi connectivity index (χ0v) is 13.9. The van der Waals surface area contributed by atoms with Gasteiger partial charge in [-0.3, -0.25) is 9.59 Å². The fourth-order valence-corrected chi connectivity index (χ4v) is 2.58. The van der Waals surface area contributed by atoms with Gasteiger partial charge >= 0.3 is 0 Å². The first-order valence-electron chi connectivity index (χ1n) is 7.26. The number of aromatic nitrogens is 1. The fraction of sp³-hybridized carbons (Fsp3) is 0.312. The lowest BCUT2D eigenvalue weighted by Crippen LogP contribution is -2.40. The third-order valence-corrected chi connectivity index (χ3v) is 3.92. The van der Waals surface area contributed by atoms with Gasteiger partial charge in [0.15, 0.2) is 11.7 Å². The normalized spacial score (nSPS) is 10.2. The molecule has 0 aliphatic carbocycles. The highest BCUT2D eigenvalue weighted by atomic mass is 32.1. The van der Waals surface area contributed by atoms with Gasteiger partial charge in [0, 0.05) is 11.9 Å². The Morgan fingerprint density at radius 1 is 1.30 bits per heavy atom. The van der Waals surface area contributed by atoms with Crippen molar-refractivity contribution in [3.05, 3.63) is 41.4 Å². The summed E-state index contributed by atoms with van der Waals surface area (Å²) in [6.45, 7) is 3.99. The molecule has 0 fully saturated rings. The second-order valence-corrected chi connectivity index (χ2v) is 5.71. The molecule has 1 aromatic heterocycles. The van der Waals surface area contributed by atoms with Crippen LogP contribution in [0.5, 0.6) is 5.75 Å². The van der Waals surface area contributed by atoms with E-state index in [0.29, 0.717) is 17.4 Å². The van der Waals surface area contributed by atoms with Crippen LogP contribution in [0, 0.1) is 6.92 Å². The number of aryl methyl sites for hydroxylation is 1. The molecule has 7 heteroatoms. The summed E-state index contributed by atoms with van der Waals surface area (Å²) in [6.07, 6.45) is 0. The number of nitrogens with one attached hydrogen (secondary N) is 1. The number of benzene rings is 1. The third kappa shape index (κ3) is 5.37. The van der Waals surface area contributed by atoms with Crippen LogP contribution in [-0.4, -0.2) is 41.4 Å². The molecule has 0 saturated heterocycles. The highest BCUT2D eigenvalue weighted by Crippen LogP contribution is 2.14. The lowest BCUT2D eigenvalue weighted by atomic mass is 10.3. The molecule has 0 radical (unpaired) electrons. The van der Waals surface area contributed by atoms with Crippen LogP contribution in [-0.2, 0) is 9.59 Å². The van der Waals surface area contributed by atoms with Gasteiger partial charge in [-0.2, -0.15) is 0 Å². The molecule has 2 aromatic rings. The van der Waals surface area contributed by atoms with Crippen molar-refractivity contribution in [1.82, 2.24) is 9.88 Å². The molecule has 0 atom stereocenters. The van der Waals surface area contributed by atoms with Crippen molar-refractivity contribution in [2.24, 2.45) is 0 Å². The minimum Gasteiger partial charge on any atom is -0.484 e. The molecule has 0 saturated carbocycles. The summed E-state index contributed by atoms with van der Waals surface area (Å²) in [6, 6.07) is 9.10. The Kier molecular flexibility index (Phi) is 6.10. The molecule has 1 heterocycles. The van der Waals surface area contributed by atoms with Crippen molar-refractivity contribution in [3.8, 4) is 5.75 Å². The van der Waals surface area contributed by atoms with Crippen LogP contribution in [0.1, 0.15) is 12.6 Å². The van der Waals surface area contributed by atoms with Gasteiger partial charge in [0.05, 0.1) is 5.69 Å². The van der Waals surface area contributed by atoms with E-state index in [0.717, 1.165) is 5.69 Å². The van der Waals surface area contributed by atoms with E-state index in [-0.39, 0.29) is 25.0 Å². The number of thiazole rings is 1. The minimum absolute atomic E-state index is 0.0217. The van der Waals surface area contributed by atoms with Crippen LogP contribution in [0.15, 0.2) is 35.7 Å². The summed E-state index contributed by atoms with van der Waals surface area (Å²) in [5, 5.41) is 5.08. The number of hydrogen-bond donors (Lipinski definition) is 1. The maximum Gasteiger partial charge on any atom is 0.260 e. The molecular weight excluding hydrogens is 314 g/mol. The Morgan fingerprint density at radius 2 is 2.04 bits per heavy atom. The van der Waals surface area contributed by atoms with E-state index in [1.807, 2.05) is 37.4 Å². The number of rotatable bonds is 7. The highest BCUT2D eigenvalue weighted by molar-refractivity contribution is 7.13. The molecule has 23 heavy (non-hydrogen) atoms. The zero-order valence-electron chi connectivity index (χ0n) is 13.1. The molecule has 122 valence electrons. The standard InChI is InChI=1S/C16H19N3O3S/c1-3-19(9-14(20)18-16-17-12(2)11-23-16)15(21)10-22-13-7-5-4-6-8-13/h4-8,11H,3,9-10H2,1-2H3,(H,17,18,20). The van der Waals surface area contributed by atoms with Gasteiger partial charge in [-0.1, -0.05) is 18.2 Å². The fourth-order valence-electron chi connectivity index (χ4n) is 1.87. The highest BCUT2D eigenvalue weighted by Gasteiger charge is 2.17. The van der Waals surface area contributed by atoms with Crippen molar-refractivity contribution >= 4 is 28.3 Å². The molecule has 2 amide bonds. The Labute approximate surface area is 139 Å². The van der Waals surface area contributed by atoms with E-state index < -0.39 is 0 Å². The van der Waals surface area contributed by atoms with Crippen LogP contribution in [0.3, 0.4) is 0 Å². The number of ether oxygens (including phenoxy) is 1. The average molecular weight is 333 g/mol. The SMILES string of the molecule is CCN(CC(=O)Nc1nc(C)cs1)C(=O)COc1ccccc1. The van der Waals surface area contributed by atoms with Gasteiger partial charge in [-0.25, -0.2) is 4.98 Å². The molecule has 0 bridgehead atoms.